The van der Waals surface area contributed by atoms with Crippen LogP contribution in [0.4, 0.5) is 0 Å². The van der Waals surface area contributed by atoms with Crippen molar-refractivity contribution >= 4 is 11.7 Å². The third-order valence-electron chi connectivity index (χ3n) is 7.05. The highest BCUT2D eigenvalue weighted by Crippen LogP contribution is 2.46. The number of carbonyl (C=O) groups excluding carboxylic acids is 2. The van der Waals surface area contributed by atoms with Gasteiger partial charge in [-0.15, -0.1) is 0 Å². The van der Waals surface area contributed by atoms with E-state index in [0.29, 0.717) is 24.3 Å². The van der Waals surface area contributed by atoms with Crippen LogP contribution in [0.2, 0.25) is 0 Å². The third-order valence-corrected chi connectivity index (χ3v) is 7.05. The summed E-state index contributed by atoms with van der Waals surface area (Å²) in [5.74, 6) is 0.934. The highest BCUT2D eigenvalue weighted by Gasteiger charge is 2.51. The summed E-state index contributed by atoms with van der Waals surface area (Å²) in [5.41, 5.74) is 3.80. The van der Waals surface area contributed by atoms with Crippen LogP contribution in [0, 0.1) is 12.8 Å². The number of ether oxygens (including phenoxy) is 2. The second-order valence-corrected chi connectivity index (χ2v) is 9.06. The summed E-state index contributed by atoms with van der Waals surface area (Å²) < 4.78 is 11.5. The fourth-order valence-electron chi connectivity index (χ4n) is 5.26. The Labute approximate surface area is 189 Å². The normalized spacial score (nSPS) is 24.8. The van der Waals surface area contributed by atoms with E-state index in [2.05, 4.69) is 0 Å². The van der Waals surface area contributed by atoms with Crippen LogP contribution in [-0.2, 0) is 20.7 Å². The number of rotatable bonds is 5. The molecule has 0 radical (unpaired) electrons. The number of aryl methyl sites for hydroxylation is 1. The number of nitrogens with zero attached hydrogens (tertiary/aromatic N) is 1. The van der Waals surface area contributed by atoms with Crippen LogP contribution in [-0.4, -0.2) is 36.3 Å². The topological polar surface area (TPSA) is 55.8 Å². The molecule has 1 aliphatic carbocycles. The lowest BCUT2D eigenvalue weighted by Crippen LogP contribution is -2.39. The number of amides is 1. The fourth-order valence-corrected chi connectivity index (χ4v) is 5.26. The monoisotopic (exact) mass is 431 g/mol. The molecule has 0 bridgehead atoms. The first kappa shape index (κ1) is 20.8. The summed E-state index contributed by atoms with van der Waals surface area (Å²) in [6.07, 6.45) is 4.33. The van der Waals surface area contributed by atoms with Gasteiger partial charge in [0.15, 0.2) is 11.5 Å². The Balaban J connectivity index is 1.47. The number of carbonyl (C=O) groups is 2. The van der Waals surface area contributed by atoms with E-state index in [1.807, 2.05) is 60.4 Å². The Morgan fingerprint density at radius 2 is 1.72 bits per heavy atom. The number of methoxy groups -OCH3 is 1. The van der Waals surface area contributed by atoms with E-state index in [0.717, 1.165) is 48.1 Å². The SMILES string of the molecule is COc1ccc(CCN2C(=O)C3=C(C(=O)C4CCCCC4O3)C2c2ccc(C)cc2)cc1. The molecule has 2 aromatic rings. The number of benzene rings is 2. The van der Waals surface area contributed by atoms with Crippen molar-refractivity contribution in [2.45, 2.75) is 51.2 Å². The van der Waals surface area contributed by atoms with Crippen LogP contribution < -0.4 is 4.74 Å². The molecule has 2 aliphatic heterocycles. The van der Waals surface area contributed by atoms with E-state index in [1.54, 1.807) is 7.11 Å². The molecule has 5 nitrogen and oxygen atoms in total. The Bertz CT molecular complexity index is 1050. The average Bonchev–Trinajstić information content (AvgIpc) is 3.10. The van der Waals surface area contributed by atoms with Gasteiger partial charge in [-0.25, -0.2) is 0 Å². The van der Waals surface area contributed by atoms with Gasteiger partial charge in [0.25, 0.3) is 5.91 Å². The smallest absolute Gasteiger partial charge is 0.290 e. The standard InChI is InChI=1S/C27H29NO4/c1-17-7-11-19(12-8-17)24-23-25(29)21-5-3-4-6-22(21)32-26(23)27(30)28(24)16-15-18-9-13-20(31-2)14-10-18/h7-14,21-22,24H,3-6,15-16H2,1-2H3. The highest BCUT2D eigenvalue weighted by atomic mass is 16.5. The van der Waals surface area contributed by atoms with Gasteiger partial charge in [-0.1, -0.05) is 48.4 Å². The summed E-state index contributed by atoms with van der Waals surface area (Å²) in [4.78, 5) is 28.9. The van der Waals surface area contributed by atoms with Crippen molar-refractivity contribution in [3.63, 3.8) is 0 Å². The van der Waals surface area contributed by atoms with E-state index in [-0.39, 0.29) is 29.8 Å². The summed E-state index contributed by atoms with van der Waals surface area (Å²) in [6, 6.07) is 15.7. The lowest BCUT2D eigenvalue weighted by atomic mass is 9.77. The largest absolute Gasteiger partial charge is 0.497 e. The number of hydrogen-bond acceptors (Lipinski definition) is 4. The molecule has 1 saturated carbocycles. The molecule has 5 rings (SSSR count). The number of Topliss-reactive ketones (excluding diaryl/α,β-unsaturated/α-hetero) is 1. The van der Waals surface area contributed by atoms with Gasteiger partial charge in [-0.3, -0.25) is 9.59 Å². The van der Waals surface area contributed by atoms with Gasteiger partial charge in [-0.2, -0.15) is 0 Å². The molecule has 3 unspecified atom stereocenters. The Morgan fingerprint density at radius 3 is 2.44 bits per heavy atom. The zero-order valence-electron chi connectivity index (χ0n) is 18.7. The second-order valence-electron chi connectivity index (χ2n) is 9.06. The average molecular weight is 432 g/mol. The summed E-state index contributed by atoms with van der Waals surface area (Å²) in [6.45, 7) is 2.56. The quantitative estimate of drug-likeness (QED) is 0.697. The summed E-state index contributed by atoms with van der Waals surface area (Å²) in [5, 5.41) is 0. The molecule has 0 saturated heterocycles. The molecule has 0 N–H and O–H groups in total. The molecule has 1 amide bonds. The predicted molar refractivity (Wildman–Crippen MR) is 121 cm³/mol. The molecular weight excluding hydrogens is 402 g/mol. The molecule has 3 atom stereocenters. The van der Waals surface area contributed by atoms with Crippen molar-refractivity contribution in [1.29, 1.82) is 0 Å². The van der Waals surface area contributed by atoms with Crippen molar-refractivity contribution in [1.82, 2.24) is 4.90 Å². The number of fused-ring (bicyclic) bond motifs is 1. The lowest BCUT2D eigenvalue weighted by molar-refractivity contribution is -0.135. The van der Waals surface area contributed by atoms with Crippen molar-refractivity contribution < 1.29 is 19.1 Å². The van der Waals surface area contributed by atoms with E-state index >= 15 is 0 Å². The molecule has 32 heavy (non-hydrogen) atoms. The zero-order valence-corrected chi connectivity index (χ0v) is 18.7. The molecule has 3 aliphatic rings. The van der Waals surface area contributed by atoms with E-state index in [4.69, 9.17) is 9.47 Å². The second kappa shape index (κ2) is 8.45. The predicted octanol–water partition coefficient (Wildman–Crippen LogP) is 4.54. The molecule has 0 aromatic heterocycles. The van der Waals surface area contributed by atoms with Crippen LogP contribution in [0.5, 0.6) is 5.75 Å². The van der Waals surface area contributed by atoms with Crippen molar-refractivity contribution in [2.75, 3.05) is 13.7 Å². The van der Waals surface area contributed by atoms with Gasteiger partial charge in [0.2, 0.25) is 0 Å². The first-order valence-corrected chi connectivity index (χ1v) is 11.5. The van der Waals surface area contributed by atoms with Gasteiger partial charge in [0, 0.05) is 6.54 Å². The Kier molecular flexibility index (Phi) is 5.50. The van der Waals surface area contributed by atoms with E-state index < -0.39 is 0 Å². The van der Waals surface area contributed by atoms with E-state index in [1.165, 1.54) is 0 Å². The van der Waals surface area contributed by atoms with Crippen molar-refractivity contribution in [2.24, 2.45) is 5.92 Å². The molecule has 5 heteroatoms. The minimum atomic E-state index is -0.383. The van der Waals surface area contributed by atoms with Crippen LogP contribution in [0.3, 0.4) is 0 Å². The molecule has 0 spiro atoms. The third kappa shape index (κ3) is 3.60. The number of ketones is 1. The maximum Gasteiger partial charge on any atom is 0.290 e. The molecule has 2 aromatic carbocycles. The van der Waals surface area contributed by atoms with Crippen LogP contribution >= 0.6 is 0 Å². The first-order valence-electron chi connectivity index (χ1n) is 11.5. The Morgan fingerprint density at radius 1 is 1.00 bits per heavy atom. The maximum atomic E-state index is 13.6. The van der Waals surface area contributed by atoms with Crippen molar-refractivity contribution in [3.8, 4) is 5.75 Å². The molecule has 1 fully saturated rings. The van der Waals surface area contributed by atoms with Gasteiger partial charge < -0.3 is 14.4 Å². The van der Waals surface area contributed by atoms with Gasteiger partial charge in [-0.05, 0) is 55.9 Å². The van der Waals surface area contributed by atoms with Gasteiger partial charge >= 0.3 is 0 Å². The summed E-state index contributed by atoms with van der Waals surface area (Å²) >= 11 is 0. The Hall–Kier alpha value is -3.08. The van der Waals surface area contributed by atoms with Gasteiger partial charge in [0.1, 0.15) is 11.9 Å². The minimum absolute atomic E-state index is 0.113. The first-order chi connectivity index (χ1) is 15.6. The van der Waals surface area contributed by atoms with E-state index in [9.17, 15) is 9.59 Å². The molecule has 166 valence electrons. The maximum absolute atomic E-state index is 13.6. The zero-order chi connectivity index (χ0) is 22.2. The van der Waals surface area contributed by atoms with Crippen LogP contribution in [0.25, 0.3) is 0 Å². The van der Waals surface area contributed by atoms with Crippen LogP contribution in [0.15, 0.2) is 59.9 Å². The van der Waals surface area contributed by atoms with Gasteiger partial charge in [0.05, 0.1) is 24.6 Å². The van der Waals surface area contributed by atoms with Crippen molar-refractivity contribution in [3.05, 3.63) is 76.6 Å². The summed E-state index contributed by atoms with van der Waals surface area (Å²) in [7, 11) is 1.65. The lowest BCUT2D eigenvalue weighted by Gasteiger charge is -2.35. The van der Waals surface area contributed by atoms with Crippen LogP contribution in [0.1, 0.15) is 48.4 Å². The number of hydrogen-bond donors (Lipinski definition) is 0. The minimum Gasteiger partial charge on any atom is -0.497 e. The highest BCUT2D eigenvalue weighted by molar-refractivity contribution is 6.11. The molecular formula is C27H29NO4. The molecule has 2 heterocycles. The fraction of sp³-hybridized carbons (Fsp3) is 0.407.